The highest BCUT2D eigenvalue weighted by Crippen LogP contribution is 2.32. The van der Waals surface area contributed by atoms with E-state index in [2.05, 4.69) is 5.10 Å². The van der Waals surface area contributed by atoms with Gasteiger partial charge in [-0.25, -0.2) is 9.48 Å². The third kappa shape index (κ3) is 3.79. The van der Waals surface area contributed by atoms with Crippen LogP contribution in [0.15, 0.2) is 22.3 Å². The summed E-state index contributed by atoms with van der Waals surface area (Å²) in [6.45, 7) is 7.96. The quantitative estimate of drug-likeness (QED) is 0.868. The van der Waals surface area contributed by atoms with Gasteiger partial charge >= 0.3 is 5.97 Å². The first-order valence-corrected chi connectivity index (χ1v) is 8.17. The van der Waals surface area contributed by atoms with Crippen molar-refractivity contribution in [1.29, 1.82) is 0 Å². The van der Waals surface area contributed by atoms with Crippen molar-refractivity contribution in [2.24, 2.45) is 5.41 Å². The van der Waals surface area contributed by atoms with E-state index in [1.54, 1.807) is 13.0 Å². The molecule has 0 aromatic carbocycles. The Bertz CT molecular complexity index is 758. The molecule has 0 atom stereocenters. The lowest BCUT2D eigenvalue weighted by atomic mass is 9.97. The lowest BCUT2D eigenvalue weighted by molar-refractivity contribution is 0.0519. The summed E-state index contributed by atoms with van der Waals surface area (Å²) in [4.78, 5) is 25.3. The molecule has 2 heterocycles. The highest BCUT2D eigenvalue weighted by molar-refractivity contribution is 7.13. The Kier molecular flexibility index (Phi) is 4.89. The van der Waals surface area contributed by atoms with Crippen molar-refractivity contribution in [3.05, 3.63) is 33.4 Å². The van der Waals surface area contributed by atoms with Crippen LogP contribution in [-0.4, -0.2) is 27.5 Å². The fourth-order valence-electron chi connectivity index (χ4n) is 2.09. The van der Waals surface area contributed by atoms with Gasteiger partial charge < -0.3 is 9.84 Å². The number of ether oxygens (including phenoxy) is 1. The van der Waals surface area contributed by atoms with Crippen LogP contribution >= 0.6 is 11.3 Å². The molecule has 0 aliphatic heterocycles. The number of thiophene rings is 1. The number of esters is 1. The van der Waals surface area contributed by atoms with Gasteiger partial charge in [0, 0.05) is 6.54 Å². The standard InChI is InChI=1S/C16H20N2O4S/c1-5-22-15(21)11-13(19)12(10-7-6-8-23-10)17-18(14(11)20)9-16(2,3)4/h6-8,19H,5,9H2,1-4H3. The van der Waals surface area contributed by atoms with Crippen molar-refractivity contribution in [3.8, 4) is 16.3 Å². The van der Waals surface area contributed by atoms with E-state index < -0.39 is 17.3 Å². The number of hydrogen-bond acceptors (Lipinski definition) is 6. The summed E-state index contributed by atoms with van der Waals surface area (Å²) in [5.74, 6) is -1.26. The van der Waals surface area contributed by atoms with Gasteiger partial charge in [-0.2, -0.15) is 5.10 Å². The van der Waals surface area contributed by atoms with Crippen LogP contribution in [0.25, 0.3) is 10.6 Å². The van der Waals surface area contributed by atoms with Crippen LogP contribution in [0.3, 0.4) is 0 Å². The average Bonchev–Trinajstić information content (AvgIpc) is 2.95. The number of rotatable bonds is 4. The largest absolute Gasteiger partial charge is 0.505 e. The molecule has 0 saturated carbocycles. The molecule has 0 unspecified atom stereocenters. The lowest BCUT2D eigenvalue weighted by Crippen LogP contribution is -2.33. The Balaban J connectivity index is 2.69. The topological polar surface area (TPSA) is 81.4 Å². The third-order valence-electron chi connectivity index (χ3n) is 2.99. The summed E-state index contributed by atoms with van der Waals surface area (Å²) in [5.41, 5.74) is -1.01. The number of carbonyl (C=O) groups is 1. The molecule has 23 heavy (non-hydrogen) atoms. The molecule has 0 aliphatic carbocycles. The molecular weight excluding hydrogens is 316 g/mol. The summed E-state index contributed by atoms with van der Waals surface area (Å²) < 4.78 is 6.13. The zero-order valence-electron chi connectivity index (χ0n) is 13.6. The van der Waals surface area contributed by atoms with Crippen LogP contribution in [0.2, 0.25) is 0 Å². The zero-order valence-corrected chi connectivity index (χ0v) is 14.4. The van der Waals surface area contributed by atoms with Gasteiger partial charge in [0.1, 0.15) is 5.69 Å². The summed E-state index contributed by atoms with van der Waals surface area (Å²) in [5, 5.41) is 16.5. The summed E-state index contributed by atoms with van der Waals surface area (Å²) >= 11 is 1.37. The molecule has 1 N–H and O–H groups in total. The van der Waals surface area contributed by atoms with Crippen LogP contribution in [0.1, 0.15) is 38.1 Å². The molecular formula is C16H20N2O4S. The van der Waals surface area contributed by atoms with Crippen molar-refractivity contribution in [2.45, 2.75) is 34.2 Å². The Morgan fingerprint density at radius 3 is 2.65 bits per heavy atom. The third-order valence-corrected chi connectivity index (χ3v) is 3.86. The second-order valence-electron chi connectivity index (χ2n) is 6.29. The summed E-state index contributed by atoms with van der Waals surface area (Å²) in [7, 11) is 0. The molecule has 0 radical (unpaired) electrons. The maximum absolute atomic E-state index is 12.5. The first-order valence-electron chi connectivity index (χ1n) is 7.29. The maximum atomic E-state index is 12.5. The number of aromatic hydroxyl groups is 1. The summed E-state index contributed by atoms with van der Waals surface area (Å²) in [6, 6.07) is 3.58. The first kappa shape index (κ1) is 17.2. The van der Waals surface area contributed by atoms with Crippen molar-refractivity contribution < 1.29 is 14.6 Å². The second kappa shape index (κ2) is 6.54. The van der Waals surface area contributed by atoms with Gasteiger partial charge in [-0.15, -0.1) is 11.3 Å². The van der Waals surface area contributed by atoms with E-state index in [-0.39, 0.29) is 23.3 Å². The molecule has 6 nitrogen and oxygen atoms in total. The van der Waals surface area contributed by atoms with Crippen LogP contribution in [0.4, 0.5) is 0 Å². The minimum absolute atomic E-state index is 0.119. The average molecular weight is 336 g/mol. The van der Waals surface area contributed by atoms with E-state index in [4.69, 9.17) is 4.74 Å². The Labute approximate surface area is 138 Å². The monoisotopic (exact) mass is 336 g/mol. The SMILES string of the molecule is CCOC(=O)c1c(O)c(-c2cccs2)nn(CC(C)(C)C)c1=O. The van der Waals surface area contributed by atoms with Crippen LogP contribution in [0, 0.1) is 5.41 Å². The highest BCUT2D eigenvalue weighted by Gasteiger charge is 2.26. The fourth-order valence-corrected chi connectivity index (χ4v) is 2.80. The van der Waals surface area contributed by atoms with E-state index in [0.29, 0.717) is 11.4 Å². The van der Waals surface area contributed by atoms with Gasteiger partial charge in [-0.3, -0.25) is 4.79 Å². The van der Waals surface area contributed by atoms with Crippen molar-refractivity contribution in [3.63, 3.8) is 0 Å². The van der Waals surface area contributed by atoms with Crippen molar-refractivity contribution >= 4 is 17.3 Å². The fraction of sp³-hybridized carbons (Fsp3) is 0.438. The molecule has 2 aromatic heterocycles. The van der Waals surface area contributed by atoms with E-state index in [1.807, 2.05) is 32.2 Å². The molecule has 0 saturated heterocycles. The number of nitrogens with zero attached hydrogens (tertiary/aromatic N) is 2. The number of aromatic nitrogens is 2. The minimum Gasteiger partial charge on any atom is -0.505 e. The molecule has 2 rings (SSSR count). The predicted octanol–water partition coefficient (Wildman–Crippen LogP) is 2.90. The second-order valence-corrected chi connectivity index (χ2v) is 7.24. The van der Waals surface area contributed by atoms with Crippen LogP contribution < -0.4 is 5.56 Å². The van der Waals surface area contributed by atoms with Crippen molar-refractivity contribution in [2.75, 3.05) is 6.61 Å². The highest BCUT2D eigenvalue weighted by atomic mass is 32.1. The van der Waals surface area contributed by atoms with Crippen LogP contribution in [-0.2, 0) is 11.3 Å². The number of hydrogen-bond donors (Lipinski definition) is 1. The predicted molar refractivity (Wildman–Crippen MR) is 88.9 cm³/mol. The van der Waals surface area contributed by atoms with Crippen LogP contribution in [0.5, 0.6) is 5.75 Å². The number of carbonyl (C=O) groups excluding carboxylic acids is 1. The summed E-state index contributed by atoms with van der Waals surface area (Å²) in [6.07, 6.45) is 0. The molecule has 7 heteroatoms. The minimum atomic E-state index is -0.835. The van der Waals surface area contributed by atoms with Gasteiger partial charge in [0.05, 0.1) is 11.5 Å². The van der Waals surface area contributed by atoms with E-state index in [1.165, 1.54) is 16.0 Å². The molecule has 124 valence electrons. The van der Waals surface area contributed by atoms with Gasteiger partial charge in [0.15, 0.2) is 11.3 Å². The van der Waals surface area contributed by atoms with E-state index in [9.17, 15) is 14.7 Å². The molecule has 0 spiro atoms. The molecule has 0 bridgehead atoms. The molecule has 0 aliphatic rings. The Morgan fingerprint density at radius 1 is 1.43 bits per heavy atom. The Hall–Kier alpha value is -2.15. The molecule has 0 amide bonds. The Morgan fingerprint density at radius 2 is 2.13 bits per heavy atom. The van der Waals surface area contributed by atoms with E-state index in [0.717, 1.165) is 0 Å². The van der Waals surface area contributed by atoms with Gasteiger partial charge in [0.25, 0.3) is 5.56 Å². The molecule has 0 fully saturated rings. The smallest absolute Gasteiger partial charge is 0.347 e. The van der Waals surface area contributed by atoms with Gasteiger partial charge in [-0.05, 0) is 23.8 Å². The zero-order chi connectivity index (χ0) is 17.2. The van der Waals surface area contributed by atoms with Gasteiger partial charge in [0.2, 0.25) is 0 Å². The first-order chi connectivity index (χ1) is 10.7. The van der Waals surface area contributed by atoms with Crippen molar-refractivity contribution in [1.82, 2.24) is 9.78 Å². The van der Waals surface area contributed by atoms with E-state index >= 15 is 0 Å². The lowest BCUT2D eigenvalue weighted by Gasteiger charge is -2.20. The molecule has 2 aromatic rings. The normalized spacial score (nSPS) is 11.5. The van der Waals surface area contributed by atoms with Gasteiger partial charge in [-0.1, -0.05) is 26.8 Å². The maximum Gasteiger partial charge on any atom is 0.347 e.